The van der Waals surface area contributed by atoms with Crippen LogP contribution in [0.3, 0.4) is 0 Å². The third-order valence-corrected chi connectivity index (χ3v) is 0.850. The van der Waals surface area contributed by atoms with Crippen molar-refractivity contribution in [3.63, 3.8) is 0 Å². The SMILES string of the molecule is CC(C)(C)C(F)(F)F.CC(C)(C)F.CC(C)C.[2H]C(C)(C)C. The smallest absolute Gasteiger partial charge is 0.245 e. The Hall–Kier alpha value is -0.280. The molecular formula is C17H38F4. The molecule has 0 N–H and O–H groups in total. The summed E-state index contributed by atoms with van der Waals surface area (Å²) in [6.07, 6.45) is -4.06. The van der Waals surface area contributed by atoms with Crippen LogP contribution in [0.5, 0.6) is 0 Å². The Morgan fingerprint density at radius 1 is 0.667 bits per heavy atom. The van der Waals surface area contributed by atoms with Crippen molar-refractivity contribution in [2.45, 2.75) is 94.9 Å². The maximum absolute atomic E-state index is 11.7. The van der Waals surface area contributed by atoms with Crippen LogP contribution in [-0.4, -0.2) is 11.8 Å². The molecule has 0 aromatic carbocycles. The summed E-state index contributed by atoms with van der Waals surface area (Å²) >= 11 is 0. The Balaban J connectivity index is -0.000000102. The van der Waals surface area contributed by atoms with Gasteiger partial charge in [0.15, 0.2) is 0 Å². The second-order valence-corrected chi connectivity index (χ2v) is 8.05. The van der Waals surface area contributed by atoms with Crippen molar-refractivity contribution in [1.29, 1.82) is 0 Å². The van der Waals surface area contributed by atoms with Crippen LogP contribution in [0.2, 0.25) is 0 Å². The predicted octanol–water partition coefficient (Wildman–Crippen LogP) is 7.67. The lowest BCUT2D eigenvalue weighted by atomic mass is 9.96. The van der Waals surface area contributed by atoms with Crippen molar-refractivity contribution in [1.82, 2.24) is 0 Å². The van der Waals surface area contributed by atoms with E-state index in [0.29, 0.717) is 0 Å². The van der Waals surface area contributed by atoms with Gasteiger partial charge in [-0.15, -0.1) is 0 Å². The lowest BCUT2D eigenvalue weighted by Gasteiger charge is -2.21. The molecule has 0 heterocycles. The Kier molecular flexibility index (Phi) is 15.0. The van der Waals surface area contributed by atoms with Crippen molar-refractivity contribution in [3.05, 3.63) is 0 Å². The van der Waals surface area contributed by atoms with Crippen LogP contribution in [0, 0.1) is 17.2 Å². The Morgan fingerprint density at radius 2 is 0.714 bits per heavy atom. The quantitative estimate of drug-likeness (QED) is 0.402. The summed E-state index contributed by atoms with van der Waals surface area (Å²) in [7, 11) is 0. The molecule has 0 aromatic rings. The van der Waals surface area contributed by atoms with Crippen molar-refractivity contribution in [2.75, 3.05) is 0 Å². The largest absolute Gasteiger partial charge is 0.393 e. The summed E-state index contributed by atoms with van der Waals surface area (Å²) < 4.78 is 53.3. The molecule has 0 atom stereocenters. The first-order valence-corrected chi connectivity index (χ1v) is 7.24. The summed E-state index contributed by atoms with van der Waals surface area (Å²) in [5.74, 6) is 0.583. The minimum Gasteiger partial charge on any atom is -0.245 e. The van der Waals surface area contributed by atoms with Crippen LogP contribution in [0.15, 0.2) is 0 Å². The van der Waals surface area contributed by atoms with Crippen molar-refractivity contribution in [2.24, 2.45) is 17.2 Å². The molecule has 0 unspecified atom stereocenters. The van der Waals surface area contributed by atoms with Crippen LogP contribution in [0.25, 0.3) is 0 Å². The zero-order valence-corrected chi connectivity index (χ0v) is 16.1. The van der Waals surface area contributed by atoms with E-state index in [1.807, 2.05) is 20.8 Å². The Labute approximate surface area is 132 Å². The highest BCUT2D eigenvalue weighted by molar-refractivity contribution is 4.70. The van der Waals surface area contributed by atoms with Gasteiger partial charge in [-0.3, -0.25) is 0 Å². The standard InChI is InChI=1S/C5H9F3.C4H9F.2C4H10/c1-4(2,3)5(6,7)8;1-4(2,3)5;2*1-4(2)3/h1-3H3;1-3H3;2*4H,1-3H3/i;;4D;. The normalized spacial score (nSPS) is 12.9. The van der Waals surface area contributed by atoms with Gasteiger partial charge >= 0.3 is 6.18 Å². The summed E-state index contributed by atoms with van der Waals surface area (Å²) in [5.41, 5.74) is -2.56. The first kappa shape index (κ1) is 25.7. The molecule has 0 saturated carbocycles. The fourth-order valence-corrected chi connectivity index (χ4v) is 0. The average molecular weight is 319 g/mol. The van der Waals surface area contributed by atoms with Gasteiger partial charge in [0, 0.05) is 1.37 Å². The number of rotatable bonds is 0. The maximum atomic E-state index is 11.7. The van der Waals surface area contributed by atoms with Crippen LogP contribution < -0.4 is 0 Å². The van der Waals surface area contributed by atoms with Gasteiger partial charge in [-0.05, 0) is 32.6 Å². The van der Waals surface area contributed by atoms with Gasteiger partial charge in [-0.1, -0.05) is 62.3 Å². The monoisotopic (exact) mass is 319 g/mol. The van der Waals surface area contributed by atoms with Crippen LogP contribution in [0.4, 0.5) is 17.6 Å². The van der Waals surface area contributed by atoms with Crippen LogP contribution >= 0.6 is 0 Å². The predicted molar refractivity (Wildman–Crippen MR) is 87.4 cm³/mol. The molecule has 0 fully saturated rings. The molecule has 0 bridgehead atoms. The van der Waals surface area contributed by atoms with Gasteiger partial charge in [-0.25, -0.2) is 4.39 Å². The summed E-state index contributed by atoms with van der Waals surface area (Å²) in [6.45, 7) is 20.1. The number of hydrogen-bond donors (Lipinski definition) is 0. The van der Waals surface area contributed by atoms with Crippen LogP contribution in [-0.2, 0) is 0 Å². The molecule has 0 aliphatic rings. The molecule has 0 spiro atoms. The molecule has 0 saturated heterocycles. The molecular weight excluding hydrogens is 280 g/mol. The Morgan fingerprint density at radius 3 is 0.714 bits per heavy atom. The number of halogens is 4. The summed E-state index contributed by atoms with van der Waals surface area (Å²) in [6, 6.07) is 0. The highest BCUT2D eigenvalue weighted by Crippen LogP contribution is 2.36. The third kappa shape index (κ3) is 81.4. The lowest BCUT2D eigenvalue weighted by Crippen LogP contribution is -2.28. The summed E-state index contributed by atoms with van der Waals surface area (Å²) in [5, 5.41) is 0. The topological polar surface area (TPSA) is 0 Å². The van der Waals surface area contributed by atoms with Crippen molar-refractivity contribution < 1.29 is 18.9 Å². The molecule has 4 heteroatoms. The zero-order chi connectivity index (χ0) is 19.6. The minimum atomic E-state index is -4.06. The first-order valence-electron chi connectivity index (χ1n) is 7.74. The van der Waals surface area contributed by atoms with Gasteiger partial charge in [0.25, 0.3) is 0 Å². The fourth-order valence-electron chi connectivity index (χ4n) is 0. The van der Waals surface area contributed by atoms with E-state index in [4.69, 9.17) is 1.37 Å². The minimum absolute atomic E-state index is 0.250. The van der Waals surface area contributed by atoms with E-state index < -0.39 is 17.3 Å². The Bertz CT molecular complexity index is 199. The zero-order valence-electron chi connectivity index (χ0n) is 17.1. The molecule has 0 nitrogen and oxygen atoms in total. The molecule has 21 heavy (non-hydrogen) atoms. The molecule has 0 aromatic heterocycles. The molecule has 0 radical (unpaired) electrons. The fraction of sp³-hybridized carbons (Fsp3) is 1.00. The van der Waals surface area contributed by atoms with Gasteiger partial charge in [0.2, 0.25) is 0 Å². The number of hydrogen-bond acceptors (Lipinski definition) is 0. The van der Waals surface area contributed by atoms with Gasteiger partial charge in [0.1, 0.15) is 5.67 Å². The van der Waals surface area contributed by atoms with E-state index in [1.54, 1.807) is 0 Å². The van der Waals surface area contributed by atoms with E-state index in [-0.39, 0.29) is 5.89 Å². The molecule has 0 amide bonds. The van der Waals surface area contributed by atoms with E-state index in [1.165, 1.54) is 20.8 Å². The van der Waals surface area contributed by atoms with E-state index in [0.717, 1.165) is 26.7 Å². The first-order chi connectivity index (χ1) is 8.98. The van der Waals surface area contributed by atoms with Crippen LogP contribution in [0.1, 0.15) is 84.5 Å². The van der Waals surface area contributed by atoms with Crippen molar-refractivity contribution in [3.8, 4) is 0 Å². The van der Waals surface area contributed by atoms with E-state index >= 15 is 0 Å². The summed E-state index contributed by atoms with van der Waals surface area (Å²) in [4.78, 5) is 0. The third-order valence-electron chi connectivity index (χ3n) is 0.850. The van der Waals surface area contributed by atoms with Gasteiger partial charge in [0.05, 0.1) is 5.41 Å². The second-order valence-electron chi connectivity index (χ2n) is 8.05. The molecule has 0 aliphatic carbocycles. The highest BCUT2D eigenvalue weighted by atomic mass is 19.4. The number of alkyl halides is 4. The lowest BCUT2D eigenvalue weighted by molar-refractivity contribution is -0.204. The second kappa shape index (κ2) is 12.3. The van der Waals surface area contributed by atoms with Crippen molar-refractivity contribution >= 4 is 0 Å². The van der Waals surface area contributed by atoms with Gasteiger partial charge in [-0.2, -0.15) is 13.2 Å². The molecule has 0 rings (SSSR count). The van der Waals surface area contributed by atoms with Gasteiger partial charge < -0.3 is 0 Å². The van der Waals surface area contributed by atoms with E-state index in [9.17, 15) is 17.6 Å². The highest BCUT2D eigenvalue weighted by Gasteiger charge is 2.42. The average Bonchev–Trinajstić information content (AvgIpc) is 1.88. The molecule has 134 valence electrons. The maximum Gasteiger partial charge on any atom is 0.393 e. The van der Waals surface area contributed by atoms with E-state index in [2.05, 4.69) is 20.8 Å². The molecule has 0 aliphatic heterocycles.